The lowest BCUT2D eigenvalue weighted by Gasteiger charge is -2.09. The van der Waals surface area contributed by atoms with E-state index in [1.807, 2.05) is 28.7 Å². The Bertz CT molecular complexity index is 1170. The number of benzene rings is 2. The second-order valence-corrected chi connectivity index (χ2v) is 7.01. The van der Waals surface area contributed by atoms with Crippen molar-refractivity contribution in [2.45, 2.75) is 17.8 Å². The van der Waals surface area contributed by atoms with Gasteiger partial charge in [0.2, 0.25) is 0 Å². The molecule has 2 aromatic heterocycles. The second-order valence-electron chi connectivity index (χ2n) is 6.06. The molecule has 7 nitrogen and oxygen atoms in total. The van der Waals surface area contributed by atoms with Gasteiger partial charge in [0.15, 0.2) is 10.8 Å². The first kappa shape index (κ1) is 17.3. The van der Waals surface area contributed by atoms with Crippen molar-refractivity contribution in [3.63, 3.8) is 0 Å². The van der Waals surface area contributed by atoms with Gasteiger partial charge >= 0.3 is 0 Å². The highest BCUT2D eigenvalue weighted by molar-refractivity contribution is 7.98. The molecule has 2 heterocycles. The summed E-state index contributed by atoms with van der Waals surface area (Å²) in [6.07, 6.45) is 0. The molecule has 0 N–H and O–H groups in total. The van der Waals surface area contributed by atoms with Crippen molar-refractivity contribution in [2.75, 3.05) is 7.11 Å². The first-order valence-corrected chi connectivity index (χ1v) is 9.24. The summed E-state index contributed by atoms with van der Waals surface area (Å²) >= 11 is 1.47. The summed E-state index contributed by atoms with van der Waals surface area (Å²) in [5.74, 6) is 1.09. The average Bonchev–Trinajstić information content (AvgIpc) is 3.09. The molecule has 0 aliphatic carbocycles. The van der Waals surface area contributed by atoms with Crippen LogP contribution in [-0.2, 0) is 5.75 Å². The second kappa shape index (κ2) is 6.88. The largest absolute Gasteiger partial charge is 0.496 e. The molecule has 0 fully saturated rings. The molecule has 8 heteroatoms. The van der Waals surface area contributed by atoms with Crippen molar-refractivity contribution in [3.05, 3.63) is 69.8 Å². The minimum Gasteiger partial charge on any atom is -0.496 e. The number of methoxy groups -OCH3 is 1. The minimum atomic E-state index is -0.406. The molecule has 0 amide bonds. The van der Waals surface area contributed by atoms with Crippen LogP contribution in [0, 0.1) is 17.0 Å². The molecule has 0 spiro atoms. The smallest absolute Gasteiger partial charge is 0.270 e. The van der Waals surface area contributed by atoms with Gasteiger partial charge in [-0.05, 0) is 30.7 Å². The first-order valence-electron chi connectivity index (χ1n) is 8.26. The van der Waals surface area contributed by atoms with E-state index < -0.39 is 4.92 Å². The first-order chi connectivity index (χ1) is 13.1. The molecule has 0 bridgehead atoms. The zero-order valence-corrected chi connectivity index (χ0v) is 15.6. The minimum absolute atomic E-state index is 0.0403. The van der Waals surface area contributed by atoms with Gasteiger partial charge < -0.3 is 4.74 Å². The highest BCUT2D eigenvalue weighted by Crippen LogP contribution is 2.32. The lowest BCUT2D eigenvalue weighted by atomic mass is 10.1. The van der Waals surface area contributed by atoms with Crippen molar-refractivity contribution in [1.29, 1.82) is 0 Å². The topological polar surface area (TPSA) is 82.6 Å². The molecule has 4 rings (SSSR count). The van der Waals surface area contributed by atoms with E-state index in [1.165, 1.54) is 23.9 Å². The average molecular weight is 380 g/mol. The van der Waals surface area contributed by atoms with E-state index in [4.69, 9.17) is 4.74 Å². The maximum Gasteiger partial charge on any atom is 0.270 e. The molecule has 0 saturated carbocycles. The fraction of sp³-hybridized carbons (Fsp3) is 0.158. The highest BCUT2D eigenvalue weighted by Gasteiger charge is 2.15. The van der Waals surface area contributed by atoms with Gasteiger partial charge in [-0.1, -0.05) is 30.0 Å². The number of fused-ring (bicyclic) bond motifs is 3. The number of hydrogen-bond acceptors (Lipinski definition) is 6. The van der Waals surface area contributed by atoms with Crippen LogP contribution in [0.4, 0.5) is 5.69 Å². The summed E-state index contributed by atoms with van der Waals surface area (Å²) in [4.78, 5) is 10.7. The van der Waals surface area contributed by atoms with E-state index in [2.05, 4.69) is 23.2 Å². The number of nitro benzene ring substituents is 1. The Hall–Kier alpha value is -3.13. The number of thioether (sulfide) groups is 1. The van der Waals surface area contributed by atoms with E-state index >= 15 is 0 Å². The van der Waals surface area contributed by atoms with Gasteiger partial charge in [-0.15, -0.1) is 10.2 Å². The molecule has 0 saturated heterocycles. The molecule has 27 heavy (non-hydrogen) atoms. The Morgan fingerprint density at radius 2 is 2.00 bits per heavy atom. The van der Waals surface area contributed by atoms with Crippen LogP contribution in [0.5, 0.6) is 5.75 Å². The van der Waals surface area contributed by atoms with Gasteiger partial charge in [-0.2, -0.15) is 0 Å². The van der Waals surface area contributed by atoms with E-state index in [0.29, 0.717) is 11.5 Å². The molecule has 0 aliphatic rings. The van der Waals surface area contributed by atoms with E-state index in [-0.39, 0.29) is 5.69 Å². The van der Waals surface area contributed by atoms with E-state index in [1.54, 1.807) is 13.2 Å². The number of aromatic nitrogens is 3. The summed E-state index contributed by atoms with van der Waals surface area (Å²) in [6, 6.07) is 14.7. The van der Waals surface area contributed by atoms with Crippen LogP contribution in [0.2, 0.25) is 0 Å². The number of pyridine rings is 1. The van der Waals surface area contributed by atoms with Crippen LogP contribution in [0.3, 0.4) is 0 Å². The summed E-state index contributed by atoms with van der Waals surface area (Å²) in [5, 5.41) is 21.5. The van der Waals surface area contributed by atoms with Crippen LogP contribution < -0.4 is 4.74 Å². The summed E-state index contributed by atoms with van der Waals surface area (Å²) in [5.41, 5.74) is 3.73. The Balaban J connectivity index is 1.74. The van der Waals surface area contributed by atoms with Gasteiger partial charge in [0.1, 0.15) is 5.75 Å². The van der Waals surface area contributed by atoms with Crippen LogP contribution in [-0.4, -0.2) is 26.6 Å². The third kappa shape index (κ3) is 3.08. The van der Waals surface area contributed by atoms with Crippen molar-refractivity contribution in [1.82, 2.24) is 14.6 Å². The normalized spacial score (nSPS) is 11.2. The van der Waals surface area contributed by atoms with Crippen molar-refractivity contribution in [3.8, 4) is 5.75 Å². The van der Waals surface area contributed by atoms with Gasteiger partial charge in [-0.3, -0.25) is 14.5 Å². The number of hydrogen-bond donors (Lipinski definition) is 0. The van der Waals surface area contributed by atoms with Gasteiger partial charge in [0, 0.05) is 28.8 Å². The summed E-state index contributed by atoms with van der Waals surface area (Å²) < 4.78 is 7.36. The number of nitrogens with zero attached hydrogens (tertiary/aromatic N) is 4. The lowest BCUT2D eigenvalue weighted by molar-refractivity contribution is -0.384. The fourth-order valence-corrected chi connectivity index (χ4v) is 4.03. The van der Waals surface area contributed by atoms with Gasteiger partial charge in [-0.25, -0.2) is 0 Å². The maximum atomic E-state index is 11.1. The van der Waals surface area contributed by atoms with Gasteiger partial charge in [0.05, 0.1) is 17.5 Å². The Labute approximate surface area is 159 Å². The molecule has 0 aliphatic heterocycles. The van der Waals surface area contributed by atoms with Crippen molar-refractivity contribution >= 4 is 34.0 Å². The Morgan fingerprint density at radius 1 is 1.19 bits per heavy atom. The maximum absolute atomic E-state index is 11.1. The van der Waals surface area contributed by atoms with Gasteiger partial charge in [0.25, 0.3) is 5.69 Å². The number of aryl methyl sites for hydroxylation is 1. The number of nitro groups is 1. The van der Waals surface area contributed by atoms with Crippen molar-refractivity contribution in [2.24, 2.45) is 0 Å². The third-order valence-electron chi connectivity index (χ3n) is 4.41. The van der Waals surface area contributed by atoms with Crippen LogP contribution >= 0.6 is 11.8 Å². The summed E-state index contributed by atoms with van der Waals surface area (Å²) in [7, 11) is 1.55. The van der Waals surface area contributed by atoms with Crippen molar-refractivity contribution < 1.29 is 9.66 Å². The summed E-state index contributed by atoms with van der Waals surface area (Å²) in [6.45, 7) is 2.05. The highest BCUT2D eigenvalue weighted by atomic mass is 32.2. The number of ether oxygens (including phenoxy) is 1. The zero-order chi connectivity index (χ0) is 19.0. The predicted octanol–water partition coefficient (Wildman–Crippen LogP) is 4.40. The SMILES string of the molecule is COc1ccc([N+](=O)[O-])cc1CSc1nnc2cc(C)c3ccccc3n12. The molecule has 136 valence electrons. The number of rotatable bonds is 5. The monoisotopic (exact) mass is 380 g/mol. The standard InChI is InChI=1S/C19H16N4O3S/c1-12-9-18-20-21-19(22(18)16-6-4-3-5-15(12)16)27-11-13-10-14(23(24)25)7-8-17(13)26-2/h3-10H,11H2,1-2H3. The number of para-hydroxylation sites is 1. The number of non-ortho nitro benzene ring substituents is 1. The molecule has 4 aromatic rings. The molecular formula is C19H16N4O3S. The Kier molecular flexibility index (Phi) is 4.41. The molecule has 0 atom stereocenters. The quantitative estimate of drug-likeness (QED) is 0.290. The molecule has 0 unspecified atom stereocenters. The predicted molar refractivity (Wildman–Crippen MR) is 104 cm³/mol. The van der Waals surface area contributed by atoms with E-state index in [9.17, 15) is 10.1 Å². The van der Waals surface area contributed by atoms with E-state index in [0.717, 1.165) is 32.8 Å². The molecule has 0 radical (unpaired) electrons. The Morgan fingerprint density at radius 3 is 2.78 bits per heavy atom. The lowest BCUT2D eigenvalue weighted by Crippen LogP contribution is -1.96. The van der Waals surface area contributed by atoms with Crippen LogP contribution in [0.15, 0.2) is 53.7 Å². The fourth-order valence-electron chi connectivity index (χ4n) is 3.10. The van der Waals surface area contributed by atoms with Crippen LogP contribution in [0.1, 0.15) is 11.1 Å². The third-order valence-corrected chi connectivity index (χ3v) is 5.38. The molecule has 2 aromatic carbocycles. The molecular weight excluding hydrogens is 364 g/mol. The zero-order valence-electron chi connectivity index (χ0n) is 14.7. The van der Waals surface area contributed by atoms with Crippen LogP contribution in [0.25, 0.3) is 16.6 Å².